The average molecular weight is 258 g/mol. The van der Waals surface area contributed by atoms with Crippen molar-refractivity contribution < 1.29 is 4.42 Å². The van der Waals surface area contributed by atoms with Crippen molar-refractivity contribution in [3.05, 3.63) is 42.6 Å². The Labute approximate surface area is 112 Å². The smallest absolute Gasteiger partial charge is 0.225 e. The van der Waals surface area contributed by atoms with Crippen LogP contribution < -0.4 is 10.2 Å². The lowest BCUT2D eigenvalue weighted by molar-refractivity contribution is 0.417. The quantitative estimate of drug-likeness (QED) is 0.906. The van der Waals surface area contributed by atoms with Crippen molar-refractivity contribution in [2.45, 2.75) is 25.4 Å². The molecule has 100 valence electrons. The van der Waals surface area contributed by atoms with Crippen molar-refractivity contribution in [1.82, 2.24) is 15.3 Å². The van der Waals surface area contributed by atoms with Crippen LogP contribution in [0.2, 0.25) is 0 Å². The summed E-state index contributed by atoms with van der Waals surface area (Å²) in [6.07, 6.45) is 9.45. The number of nitrogens with zero attached hydrogens (tertiary/aromatic N) is 3. The van der Waals surface area contributed by atoms with Crippen molar-refractivity contribution in [3.8, 4) is 0 Å². The highest BCUT2D eigenvalue weighted by atomic mass is 16.3. The minimum atomic E-state index is 0.479. The molecule has 19 heavy (non-hydrogen) atoms. The van der Waals surface area contributed by atoms with Crippen LogP contribution in [0.5, 0.6) is 0 Å². The third-order valence-corrected chi connectivity index (χ3v) is 3.43. The molecule has 1 fully saturated rings. The predicted molar refractivity (Wildman–Crippen MR) is 72.8 cm³/mol. The molecular weight excluding hydrogens is 240 g/mol. The van der Waals surface area contributed by atoms with E-state index in [0.29, 0.717) is 6.04 Å². The molecule has 1 aliphatic rings. The molecule has 5 nitrogen and oxygen atoms in total. The molecule has 3 heterocycles. The summed E-state index contributed by atoms with van der Waals surface area (Å²) >= 11 is 0. The molecule has 1 N–H and O–H groups in total. The van der Waals surface area contributed by atoms with Gasteiger partial charge in [-0.2, -0.15) is 0 Å². The van der Waals surface area contributed by atoms with Crippen LogP contribution in [0.4, 0.5) is 5.95 Å². The van der Waals surface area contributed by atoms with Gasteiger partial charge in [0.2, 0.25) is 5.95 Å². The standard InChI is InChI=1S/C14H18N4O/c1-3-13(17-9-12-4-8-19-11-12)10-18(7-1)14-15-5-2-6-16-14/h2,4-6,8,11,13,17H,1,3,7,9-10H2. The summed E-state index contributed by atoms with van der Waals surface area (Å²) in [4.78, 5) is 10.9. The lowest BCUT2D eigenvalue weighted by atomic mass is 10.1. The summed E-state index contributed by atoms with van der Waals surface area (Å²) in [7, 11) is 0. The van der Waals surface area contributed by atoms with Gasteiger partial charge < -0.3 is 14.6 Å². The van der Waals surface area contributed by atoms with Gasteiger partial charge in [-0.15, -0.1) is 0 Å². The summed E-state index contributed by atoms with van der Waals surface area (Å²) in [6, 6.07) is 4.32. The van der Waals surface area contributed by atoms with Gasteiger partial charge in [-0.1, -0.05) is 0 Å². The summed E-state index contributed by atoms with van der Waals surface area (Å²) in [5.74, 6) is 0.831. The maximum atomic E-state index is 5.07. The van der Waals surface area contributed by atoms with Gasteiger partial charge in [-0.05, 0) is 25.0 Å². The van der Waals surface area contributed by atoms with E-state index < -0.39 is 0 Å². The molecule has 1 atom stereocenters. The molecule has 0 amide bonds. The summed E-state index contributed by atoms with van der Waals surface area (Å²) in [5.41, 5.74) is 1.19. The third kappa shape index (κ3) is 3.12. The lowest BCUT2D eigenvalue weighted by Gasteiger charge is -2.33. The van der Waals surface area contributed by atoms with Crippen molar-refractivity contribution in [3.63, 3.8) is 0 Å². The zero-order chi connectivity index (χ0) is 12.9. The maximum Gasteiger partial charge on any atom is 0.225 e. The summed E-state index contributed by atoms with van der Waals surface area (Å²) in [5, 5.41) is 3.57. The number of nitrogens with one attached hydrogen (secondary N) is 1. The molecule has 2 aromatic rings. The molecule has 1 aliphatic heterocycles. The first kappa shape index (κ1) is 12.2. The van der Waals surface area contributed by atoms with Crippen LogP contribution in [0.15, 0.2) is 41.5 Å². The van der Waals surface area contributed by atoms with Gasteiger partial charge in [-0.3, -0.25) is 0 Å². The van der Waals surface area contributed by atoms with Crippen LogP contribution in [0.1, 0.15) is 18.4 Å². The fraction of sp³-hybridized carbons (Fsp3) is 0.429. The van der Waals surface area contributed by atoms with Crippen LogP contribution in [0.3, 0.4) is 0 Å². The largest absolute Gasteiger partial charge is 0.472 e. The molecule has 0 aliphatic carbocycles. The Bertz CT molecular complexity index is 485. The average Bonchev–Trinajstić information content (AvgIpc) is 3.00. The van der Waals surface area contributed by atoms with Crippen LogP contribution in [0, 0.1) is 0 Å². The second-order valence-electron chi connectivity index (χ2n) is 4.85. The molecule has 0 saturated carbocycles. The Balaban J connectivity index is 1.56. The van der Waals surface area contributed by atoms with E-state index in [1.54, 1.807) is 24.9 Å². The van der Waals surface area contributed by atoms with Gasteiger partial charge in [0.25, 0.3) is 0 Å². The molecule has 0 bridgehead atoms. The molecule has 2 aromatic heterocycles. The second-order valence-corrected chi connectivity index (χ2v) is 4.85. The minimum absolute atomic E-state index is 0.479. The monoisotopic (exact) mass is 258 g/mol. The minimum Gasteiger partial charge on any atom is -0.472 e. The molecule has 1 saturated heterocycles. The first-order valence-electron chi connectivity index (χ1n) is 6.68. The molecule has 5 heteroatoms. The zero-order valence-corrected chi connectivity index (χ0v) is 10.8. The molecule has 0 radical (unpaired) electrons. The Morgan fingerprint density at radius 1 is 1.37 bits per heavy atom. The van der Waals surface area contributed by atoms with Gasteiger partial charge in [-0.25, -0.2) is 9.97 Å². The van der Waals surface area contributed by atoms with Gasteiger partial charge in [0.15, 0.2) is 0 Å². The second kappa shape index (κ2) is 5.84. The Hall–Kier alpha value is -1.88. The van der Waals surface area contributed by atoms with Crippen molar-refractivity contribution >= 4 is 5.95 Å². The van der Waals surface area contributed by atoms with Gasteiger partial charge >= 0.3 is 0 Å². The number of rotatable bonds is 4. The van der Waals surface area contributed by atoms with E-state index in [1.807, 2.05) is 12.1 Å². The van der Waals surface area contributed by atoms with E-state index in [9.17, 15) is 0 Å². The number of aromatic nitrogens is 2. The molecule has 0 aromatic carbocycles. The SMILES string of the molecule is c1cnc(N2CCCC(NCc3ccoc3)C2)nc1. The zero-order valence-electron chi connectivity index (χ0n) is 10.8. The van der Waals surface area contributed by atoms with Crippen LogP contribution in [0.25, 0.3) is 0 Å². The topological polar surface area (TPSA) is 54.2 Å². The van der Waals surface area contributed by atoms with Gasteiger partial charge in [0, 0.05) is 43.6 Å². The first-order chi connectivity index (χ1) is 9.42. The Morgan fingerprint density at radius 3 is 3.05 bits per heavy atom. The van der Waals surface area contributed by atoms with Crippen molar-refractivity contribution in [2.24, 2.45) is 0 Å². The van der Waals surface area contributed by atoms with Gasteiger partial charge in [0.05, 0.1) is 12.5 Å². The molecule has 0 spiro atoms. The summed E-state index contributed by atoms with van der Waals surface area (Å²) < 4.78 is 5.07. The van der Waals surface area contributed by atoms with E-state index in [0.717, 1.165) is 25.6 Å². The number of anilines is 1. The van der Waals surface area contributed by atoms with Crippen LogP contribution >= 0.6 is 0 Å². The first-order valence-corrected chi connectivity index (χ1v) is 6.68. The number of hydrogen-bond acceptors (Lipinski definition) is 5. The number of hydrogen-bond donors (Lipinski definition) is 1. The van der Waals surface area contributed by atoms with Crippen LogP contribution in [-0.4, -0.2) is 29.1 Å². The van der Waals surface area contributed by atoms with Crippen molar-refractivity contribution in [1.29, 1.82) is 0 Å². The van der Waals surface area contributed by atoms with E-state index >= 15 is 0 Å². The molecular formula is C14H18N4O. The molecule has 1 unspecified atom stereocenters. The highest BCUT2D eigenvalue weighted by molar-refractivity contribution is 5.29. The fourth-order valence-electron chi connectivity index (χ4n) is 2.44. The third-order valence-electron chi connectivity index (χ3n) is 3.43. The predicted octanol–water partition coefficient (Wildman–Crippen LogP) is 1.83. The summed E-state index contributed by atoms with van der Waals surface area (Å²) in [6.45, 7) is 2.85. The Morgan fingerprint density at radius 2 is 2.26 bits per heavy atom. The maximum absolute atomic E-state index is 5.07. The highest BCUT2D eigenvalue weighted by Gasteiger charge is 2.21. The lowest BCUT2D eigenvalue weighted by Crippen LogP contribution is -2.46. The number of furan rings is 1. The normalized spacial score (nSPS) is 19.6. The fourth-order valence-corrected chi connectivity index (χ4v) is 2.44. The van der Waals surface area contributed by atoms with E-state index in [4.69, 9.17) is 4.42 Å². The molecule has 3 rings (SSSR count). The Kier molecular flexibility index (Phi) is 3.74. The van der Waals surface area contributed by atoms with E-state index in [-0.39, 0.29) is 0 Å². The van der Waals surface area contributed by atoms with E-state index in [2.05, 4.69) is 20.2 Å². The highest BCUT2D eigenvalue weighted by Crippen LogP contribution is 2.15. The van der Waals surface area contributed by atoms with E-state index in [1.165, 1.54) is 18.4 Å². The number of piperidine rings is 1. The van der Waals surface area contributed by atoms with Crippen molar-refractivity contribution in [2.75, 3.05) is 18.0 Å². The van der Waals surface area contributed by atoms with Crippen LogP contribution in [-0.2, 0) is 6.54 Å². The van der Waals surface area contributed by atoms with Gasteiger partial charge in [0.1, 0.15) is 0 Å².